The Labute approximate surface area is 170 Å². The van der Waals surface area contributed by atoms with Gasteiger partial charge in [0.2, 0.25) is 0 Å². The molecule has 3 aromatic carbocycles. The number of allylic oxidation sites excluding steroid dienone is 1. The molecule has 0 aliphatic rings. The van der Waals surface area contributed by atoms with Crippen LogP contribution in [0.5, 0.6) is 0 Å². The van der Waals surface area contributed by atoms with E-state index in [9.17, 15) is 4.79 Å². The lowest BCUT2D eigenvalue weighted by molar-refractivity contribution is 0.0949. The van der Waals surface area contributed by atoms with E-state index in [1.165, 1.54) is 0 Å². The summed E-state index contributed by atoms with van der Waals surface area (Å²) in [6, 6.07) is 25.9. The summed E-state index contributed by atoms with van der Waals surface area (Å²) < 4.78 is 2.15. The number of hydrogen-bond acceptors (Lipinski definition) is 2. The van der Waals surface area contributed by atoms with Crippen molar-refractivity contribution < 1.29 is 4.79 Å². The van der Waals surface area contributed by atoms with Gasteiger partial charge in [-0.3, -0.25) is 4.79 Å². The average molecular weight is 381 g/mol. The van der Waals surface area contributed by atoms with Gasteiger partial charge in [-0.2, -0.15) is 0 Å². The van der Waals surface area contributed by atoms with Gasteiger partial charge in [0.15, 0.2) is 0 Å². The van der Waals surface area contributed by atoms with Crippen LogP contribution in [0.3, 0.4) is 0 Å². The number of aromatic nitrogens is 2. The van der Waals surface area contributed by atoms with Gasteiger partial charge in [-0.05, 0) is 36.2 Å². The van der Waals surface area contributed by atoms with Crippen LogP contribution in [0.15, 0.2) is 84.9 Å². The van der Waals surface area contributed by atoms with Crippen molar-refractivity contribution >= 4 is 23.0 Å². The van der Waals surface area contributed by atoms with Crippen molar-refractivity contribution in [2.24, 2.45) is 0 Å². The number of para-hydroxylation sites is 2. The lowest BCUT2D eigenvalue weighted by atomic mass is 10.1. The van der Waals surface area contributed by atoms with E-state index in [1.807, 2.05) is 67.6 Å². The van der Waals surface area contributed by atoms with E-state index in [4.69, 9.17) is 4.98 Å². The molecule has 0 saturated carbocycles. The molecule has 0 saturated heterocycles. The first-order valence-corrected chi connectivity index (χ1v) is 9.72. The average Bonchev–Trinajstić information content (AvgIpc) is 3.11. The fourth-order valence-corrected chi connectivity index (χ4v) is 3.40. The van der Waals surface area contributed by atoms with E-state index in [2.05, 4.69) is 40.2 Å². The van der Waals surface area contributed by atoms with E-state index < -0.39 is 0 Å². The second-order valence-electron chi connectivity index (χ2n) is 6.94. The zero-order valence-corrected chi connectivity index (χ0v) is 16.4. The zero-order chi connectivity index (χ0) is 20.1. The topological polar surface area (TPSA) is 46.9 Å². The lowest BCUT2D eigenvalue weighted by Crippen LogP contribution is -2.25. The molecule has 0 radical (unpaired) electrons. The number of aryl methyl sites for hydroxylation is 1. The van der Waals surface area contributed by atoms with Gasteiger partial charge in [0, 0.05) is 12.1 Å². The molecular formula is C25H23N3O. The molecular weight excluding hydrogens is 358 g/mol. The Morgan fingerprint density at radius 1 is 0.966 bits per heavy atom. The van der Waals surface area contributed by atoms with Gasteiger partial charge >= 0.3 is 0 Å². The summed E-state index contributed by atoms with van der Waals surface area (Å²) in [5, 5.41) is 3.02. The predicted octanol–water partition coefficient (Wildman–Crippen LogP) is 4.99. The molecule has 0 spiro atoms. The fourth-order valence-electron chi connectivity index (χ4n) is 3.40. The molecule has 4 heteroatoms. The van der Waals surface area contributed by atoms with Crippen molar-refractivity contribution in [3.63, 3.8) is 0 Å². The van der Waals surface area contributed by atoms with Crippen LogP contribution < -0.4 is 5.32 Å². The molecule has 0 aliphatic heterocycles. The first-order chi connectivity index (χ1) is 14.2. The number of benzene rings is 3. The van der Waals surface area contributed by atoms with Crippen molar-refractivity contribution in [2.75, 3.05) is 0 Å². The quantitative estimate of drug-likeness (QED) is 0.512. The van der Waals surface area contributed by atoms with Crippen LogP contribution in [0, 0.1) is 6.92 Å². The summed E-state index contributed by atoms with van der Waals surface area (Å²) in [4.78, 5) is 17.3. The number of rotatable bonds is 6. The number of nitrogens with one attached hydrogen (secondary N) is 1. The minimum atomic E-state index is -0.0819. The van der Waals surface area contributed by atoms with E-state index in [0.29, 0.717) is 18.7 Å². The first-order valence-electron chi connectivity index (χ1n) is 9.72. The van der Waals surface area contributed by atoms with Crippen LogP contribution >= 0.6 is 0 Å². The highest BCUT2D eigenvalue weighted by Crippen LogP contribution is 2.17. The summed E-state index contributed by atoms with van der Waals surface area (Å²) in [5.74, 6) is 0.757. The maximum atomic E-state index is 12.6. The highest BCUT2D eigenvalue weighted by atomic mass is 16.1. The number of nitrogens with zero attached hydrogens (tertiary/aromatic N) is 2. The SMILES string of the molecule is Cc1ccccc1C(=O)NCc1nc2ccccc2n1C/C=C/c1ccccc1. The summed E-state index contributed by atoms with van der Waals surface area (Å²) in [5.41, 5.74) is 4.81. The molecule has 1 N–H and O–H groups in total. The minimum absolute atomic E-state index is 0.0819. The van der Waals surface area contributed by atoms with Gasteiger partial charge in [-0.15, -0.1) is 0 Å². The third kappa shape index (κ3) is 4.27. The number of carbonyl (C=O) groups is 1. The number of hydrogen-bond donors (Lipinski definition) is 1. The van der Waals surface area contributed by atoms with Crippen molar-refractivity contribution in [3.05, 3.63) is 107 Å². The summed E-state index contributed by atoms with van der Waals surface area (Å²) in [7, 11) is 0. The number of imidazole rings is 1. The van der Waals surface area contributed by atoms with E-state index >= 15 is 0 Å². The molecule has 144 valence electrons. The van der Waals surface area contributed by atoms with Crippen LogP contribution in [0.25, 0.3) is 17.1 Å². The van der Waals surface area contributed by atoms with Crippen LogP contribution in [-0.2, 0) is 13.1 Å². The molecule has 0 unspecified atom stereocenters. The van der Waals surface area contributed by atoms with Crippen molar-refractivity contribution in [1.82, 2.24) is 14.9 Å². The molecule has 29 heavy (non-hydrogen) atoms. The molecule has 1 aromatic heterocycles. The summed E-state index contributed by atoms with van der Waals surface area (Å²) >= 11 is 0. The molecule has 1 heterocycles. The number of fused-ring (bicyclic) bond motifs is 1. The highest BCUT2D eigenvalue weighted by Gasteiger charge is 2.12. The first kappa shape index (κ1) is 18.7. The Morgan fingerprint density at radius 3 is 2.52 bits per heavy atom. The Morgan fingerprint density at radius 2 is 1.69 bits per heavy atom. The lowest BCUT2D eigenvalue weighted by Gasteiger charge is -2.09. The maximum Gasteiger partial charge on any atom is 0.251 e. The van der Waals surface area contributed by atoms with E-state index in [0.717, 1.165) is 28.0 Å². The predicted molar refractivity (Wildman–Crippen MR) is 118 cm³/mol. The second-order valence-corrected chi connectivity index (χ2v) is 6.94. The van der Waals surface area contributed by atoms with Gasteiger partial charge < -0.3 is 9.88 Å². The monoisotopic (exact) mass is 381 g/mol. The number of amides is 1. The maximum absolute atomic E-state index is 12.6. The molecule has 4 rings (SSSR count). The standard InChI is InChI=1S/C25H23N3O/c1-19-10-5-6-14-21(19)25(29)26-18-24-27-22-15-7-8-16-23(22)28(24)17-9-13-20-11-3-2-4-12-20/h2-16H,17-18H2,1H3,(H,26,29)/b13-9+. The molecule has 0 aliphatic carbocycles. The molecule has 4 nitrogen and oxygen atoms in total. The number of carbonyl (C=O) groups excluding carboxylic acids is 1. The second kappa shape index (κ2) is 8.57. The highest BCUT2D eigenvalue weighted by molar-refractivity contribution is 5.95. The molecule has 1 amide bonds. The van der Waals surface area contributed by atoms with Gasteiger partial charge in [0.1, 0.15) is 5.82 Å². The Balaban J connectivity index is 1.55. The van der Waals surface area contributed by atoms with Crippen molar-refractivity contribution in [1.29, 1.82) is 0 Å². The van der Waals surface area contributed by atoms with Crippen molar-refractivity contribution in [2.45, 2.75) is 20.0 Å². The third-order valence-electron chi connectivity index (χ3n) is 4.93. The summed E-state index contributed by atoms with van der Waals surface area (Å²) in [6.45, 7) is 3.00. The van der Waals surface area contributed by atoms with Crippen LogP contribution in [0.1, 0.15) is 27.3 Å². The minimum Gasteiger partial charge on any atom is -0.345 e. The molecule has 0 atom stereocenters. The van der Waals surface area contributed by atoms with Crippen LogP contribution in [0.2, 0.25) is 0 Å². The smallest absolute Gasteiger partial charge is 0.251 e. The Hall–Kier alpha value is -3.66. The zero-order valence-electron chi connectivity index (χ0n) is 16.4. The Bertz CT molecular complexity index is 1160. The van der Waals surface area contributed by atoms with Crippen molar-refractivity contribution in [3.8, 4) is 0 Å². The third-order valence-corrected chi connectivity index (χ3v) is 4.93. The van der Waals surface area contributed by atoms with Crippen LogP contribution in [-0.4, -0.2) is 15.5 Å². The largest absolute Gasteiger partial charge is 0.345 e. The molecule has 0 bridgehead atoms. The van der Waals surface area contributed by atoms with Gasteiger partial charge in [-0.25, -0.2) is 4.98 Å². The van der Waals surface area contributed by atoms with E-state index in [-0.39, 0.29) is 5.91 Å². The summed E-state index contributed by atoms with van der Waals surface area (Å²) in [6.07, 6.45) is 4.22. The van der Waals surface area contributed by atoms with Crippen LogP contribution in [0.4, 0.5) is 0 Å². The fraction of sp³-hybridized carbons (Fsp3) is 0.120. The molecule has 0 fully saturated rings. The Kier molecular flexibility index (Phi) is 5.52. The van der Waals surface area contributed by atoms with Gasteiger partial charge in [0.25, 0.3) is 5.91 Å². The van der Waals surface area contributed by atoms with Gasteiger partial charge in [-0.1, -0.05) is 72.8 Å². The normalized spacial score (nSPS) is 11.2. The van der Waals surface area contributed by atoms with Gasteiger partial charge in [0.05, 0.1) is 17.6 Å². The molecule has 4 aromatic rings. The van der Waals surface area contributed by atoms with E-state index in [1.54, 1.807) is 0 Å².